The standard InChI is InChI=1S/C26H23O6P/c1-20-12-16-23(17-13-20)28-31-33(27,32-29-24-18-14-21(2)15-19-24)30-26-11-7-6-10-25(26)22-8-4-3-5-9-22/h3-19H,1-2H3. The topological polar surface area (TPSA) is 63.2 Å². The van der Waals surface area contributed by atoms with E-state index in [9.17, 15) is 4.57 Å². The zero-order chi connectivity index (χ0) is 23.1. The monoisotopic (exact) mass is 462 g/mol. The highest BCUT2D eigenvalue weighted by Crippen LogP contribution is 2.51. The smallest absolute Gasteiger partial charge is 0.399 e. The Morgan fingerprint density at radius 3 is 1.61 bits per heavy atom. The number of para-hydroxylation sites is 1. The maximum Gasteiger partial charge on any atom is 0.604 e. The van der Waals surface area contributed by atoms with Crippen molar-refractivity contribution in [2.75, 3.05) is 0 Å². The average molecular weight is 462 g/mol. The minimum Gasteiger partial charge on any atom is -0.399 e. The number of rotatable bonds is 9. The van der Waals surface area contributed by atoms with Crippen LogP contribution in [0.1, 0.15) is 11.1 Å². The number of hydrogen-bond acceptors (Lipinski definition) is 6. The predicted octanol–water partition coefficient (Wildman–Crippen LogP) is 7.48. The van der Waals surface area contributed by atoms with E-state index in [4.69, 9.17) is 23.6 Å². The number of aryl methyl sites for hydroxylation is 2. The third kappa shape index (κ3) is 6.24. The van der Waals surface area contributed by atoms with Crippen molar-refractivity contribution in [1.29, 1.82) is 0 Å². The van der Waals surface area contributed by atoms with Gasteiger partial charge in [0.2, 0.25) is 0 Å². The molecule has 168 valence electrons. The first-order valence-corrected chi connectivity index (χ1v) is 11.8. The lowest BCUT2D eigenvalue weighted by atomic mass is 10.1. The summed E-state index contributed by atoms with van der Waals surface area (Å²) in [6, 6.07) is 30.7. The van der Waals surface area contributed by atoms with E-state index in [0.717, 1.165) is 16.7 Å². The van der Waals surface area contributed by atoms with E-state index >= 15 is 0 Å². The molecule has 33 heavy (non-hydrogen) atoms. The second-order valence-electron chi connectivity index (χ2n) is 7.34. The van der Waals surface area contributed by atoms with E-state index in [0.29, 0.717) is 17.1 Å². The summed E-state index contributed by atoms with van der Waals surface area (Å²) in [6.07, 6.45) is 0. The van der Waals surface area contributed by atoms with Gasteiger partial charge in [-0.3, -0.25) is 0 Å². The molecule has 7 heteroatoms. The van der Waals surface area contributed by atoms with Crippen LogP contribution in [-0.2, 0) is 13.9 Å². The molecule has 0 aromatic heterocycles. The van der Waals surface area contributed by atoms with Gasteiger partial charge < -0.3 is 14.3 Å². The molecule has 0 unspecified atom stereocenters. The minimum atomic E-state index is -4.39. The average Bonchev–Trinajstić information content (AvgIpc) is 2.84. The van der Waals surface area contributed by atoms with E-state index in [2.05, 4.69) is 0 Å². The molecule has 6 nitrogen and oxygen atoms in total. The van der Waals surface area contributed by atoms with Crippen molar-refractivity contribution >= 4 is 7.82 Å². The molecule has 4 aromatic rings. The van der Waals surface area contributed by atoms with Crippen LogP contribution in [0.2, 0.25) is 0 Å². The van der Waals surface area contributed by atoms with Crippen LogP contribution < -0.4 is 14.3 Å². The highest BCUT2D eigenvalue weighted by Gasteiger charge is 2.35. The van der Waals surface area contributed by atoms with Gasteiger partial charge in [0.05, 0.1) is 0 Å². The lowest BCUT2D eigenvalue weighted by molar-refractivity contribution is -0.185. The molecule has 0 radical (unpaired) electrons. The Kier molecular flexibility index (Phi) is 7.10. The molecule has 0 aliphatic rings. The lowest BCUT2D eigenvalue weighted by Crippen LogP contribution is -2.08. The summed E-state index contributed by atoms with van der Waals surface area (Å²) in [4.78, 5) is 10.5. The van der Waals surface area contributed by atoms with Crippen molar-refractivity contribution in [2.45, 2.75) is 13.8 Å². The van der Waals surface area contributed by atoms with Gasteiger partial charge in [-0.2, -0.15) is 0 Å². The van der Waals surface area contributed by atoms with Gasteiger partial charge >= 0.3 is 7.82 Å². The van der Waals surface area contributed by atoms with E-state index in [1.54, 1.807) is 36.4 Å². The molecule has 0 amide bonds. The third-order valence-corrected chi connectivity index (χ3v) is 5.61. The lowest BCUT2D eigenvalue weighted by Gasteiger charge is -2.18. The Labute approximate surface area is 192 Å². The van der Waals surface area contributed by atoms with E-state index in [1.807, 2.05) is 80.6 Å². The molecule has 0 N–H and O–H groups in total. The summed E-state index contributed by atoms with van der Waals surface area (Å²) in [7, 11) is -4.39. The van der Waals surface area contributed by atoms with Crippen molar-refractivity contribution < 1.29 is 28.2 Å². The van der Waals surface area contributed by atoms with Crippen LogP contribution in [0.4, 0.5) is 0 Å². The molecule has 0 saturated heterocycles. The summed E-state index contributed by atoms with van der Waals surface area (Å²) in [6.45, 7) is 3.88. The van der Waals surface area contributed by atoms with Gasteiger partial charge in [0.1, 0.15) is 5.75 Å². The first kappa shape index (κ1) is 22.6. The highest BCUT2D eigenvalue weighted by molar-refractivity contribution is 7.48. The van der Waals surface area contributed by atoms with Crippen molar-refractivity contribution in [1.82, 2.24) is 0 Å². The largest absolute Gasteiger partial charge is 0.604 e. The zero-order valence-electron chi connectivity index (χ0n) is 18.2. The Morgan fingerprint density at radius 2 is 1.06 bits per heavy atom. The molecular formula is C26H23O6P. The SMILES string of the molecule is Cc1ccc(OOP(=O)(OOc2ccc(C)cc2)Oc2ccccc2-c2ccccc2)cc1. The summed E-state index contributed by atoms with van der Waals surface area (Å²) >= 11 is 0. The van der Waals surface area contributed by atoms with Crippen LogP contribution >= 0.6 is 7.82 Å². The summed E-state index contributed by atoms with van der Waals surface area (Å²) in [5.41, 5.74) is 3.66. The molecule has 0 aliphatic carbocycles. The Hall–Kier alpha value is -3.57. The van der Waals surface area contributed by atoms with Gasteiger partial charge in [0.15, 0.2) is 11.5 Å². The number of phosphoric acid groups is 1. The first-order valence-electron chi connectivity index (χ1n) is 10.3. The molecule has 0 bridgehead atoms. The van der Waals surface area contributed by atoms with Crippen molar-refractivity contribution in [3.8, 4) is 28.4 Å². The van der Waals surface area contributed by atoms with Gasteiger partial charge in [-0.15, -0.1) is 0 Å². The van der Waals surface area contributed by atoms with Crippen LogP contribution in [-0.4, -0.2) is 0 Å². The normalized spacial score (nSPS) is 11.1. The van der Waals surface area contributed by atoms with Crippen molar-refractivity contribution in [3.63, 3.8) is 0 Å². The van der Waals surface area contributed by atoms with Gasteiger partial charge in [-0.05, 0) is 49.7 Å². The highest BCUT2D eigenvalue weighted by atomic mass is 31.2. The Balaban J connectivity index is 1.58. The molecule has 0 aliphatic heterocycles. The first-order chi connectivity index (χ1) is 16.0. The quantitative estimate of drug-likeness (QED) is 0.146. The Morgan fingerprint density at radius 1 is 0.576 bits per heavy atom. The third-order valence-electron chi connectivity index (χ3n) is 4.67. The second kappa shape index (κ2) is 10.4. The maximum atomic E-state index is 13.5. The molecular weight excluding hydrogens is 439 g/mol. The van der Waals surface area contributed by atoms with Crippen LogP contribution in [0.5, 0.6) is 17.2 Å². The van der Waals surface area contributed by atoms with Gasteiger partial charge in [0.25, 0.3) is 0 Å². The number of benzene rings is 4. The molecule has 4 aromatic carbocycles. The summed E-state index contributed by atoms with van der Waals surface area (Å²) in [5, 5.41) is 0. The molecule has 0 fully saturated rings. The predicted molar refractivity (Wildman–Crippen MR) is 126 cm³/mol. The fourth-order valence-corrected chi connectivity index (χ4v) is 3.77. The molecule has 0 spiro atoms. The molecule has 0 saturated carbocycles. The Bertz CT molecular complexity index is 1170. The van der Waals surface area contributed by atoms with Crippen LogP contribution in [0.3, 0.4) is 0 Å². The van der Waals surface area contributed by atoms with E-state index in [-0.39, 0.29) is 5.75 Å². The molecule has 0 atom stereocenters. The number of hydrogen-bond donors (Lipinski definition) is 0. The molecule has 0 heterocycles. The van der Waals surface area contributed by atoms with Gasteiger partial charge in [-0.1, -0.05) is 93.3 Å². The van der Waals surface area contributed by atoms with Crippen LogP contribution in [0.15, 0.2) is 103 Å². The van der Waals surface area contributed by atoms with Gasteiger partial charge in [0, 0.05) is 5.56 Å². The van der Waals surface area contributed by atoms with Crippen LogP contribution in [0.25, 0.3) is 11.1 Å². The fraction of sp³-hybridized carbons (Fsp3) is 0.0769. The van der Waals surface area contributed by atoms with E-state index in [1.165, 1.54) is 0 Å². The van der Waals surface area contributed by atoms with Gasteiger partial charge in [-0.25, -0.2) is 4.57 Å². The zero-order valence-corrected chi connectivity index (χ0v) is 19.1. The van der Waals surface area contributed by atoms with Crippen molar-refractivity contribution in [2.24, 2.45) is 0 Å². The minimum absolute atomic E-state index is 0.284. The van der Waals surface area contributed by atoms with Crippen molar-refractivity contribution in [3.05, 3.63) is 114 Å². The van der Waals surface area contributed by atoms with E-state index < -0.39 is 7.82 Å². The van der Waals surface area contributed by atoms with Crippen LogP contribution in [0, 0.1) is 13.8 Å². The fourth-order valence-electron chi connectivity index (χ4n) is 2.93. The maximum absolute atomic E-state index is 13.5. The molecule has 4 rings (SSSR count). The summed E-state index contributed by atoms with van der Waals surface area (Å²) in [5.74, 6) is 0.950. The second-order valence-corrected chi connectivity index (χ2v) is 8.72. The summed E-state index contributed by atoms with van der Waals surface area (Å²) < 4.78 is 29.6.